The van der Waals surface area contributed by atoms with Crippen LogP contribution in [0.4, 0.5) is 5.82 Å². The fraction of sp³-hybridized carbons (Fsp3) is 0.435. The van der Waals surface area contributed by atoms with Crippen LogP contribution in [0, 0.1) is 11.8 Å². The molecule has 0 spiro atoms. The normalized spacial score (nSPS) is 19.3. The van der Waals surface area contributed by atoms with Crippen molar-refractivity contribution in [2.45, 2.75) is 52.5 Å². The van der Waals surface area contributed by atoms with Crippen LogP contribution in [0.1, 0.15) is 56.8 Å². The van der Waals surface area contributed by atoms with Crippen molar-refractivity contribution >= 4 is 28.7 Å². The van der Waals surface area contributed by atoms with Gasteiger partial charge in [-0.2, -0.15) is 0 Å². The summed E-state index contributed by atoms with van der Waals surface area (Å²) in [6.07, 6.45) is 6.78. The number of nitrogens with zero attached hydrogens (tertiary/aromatic N) is 3. The summed E-state index contributed by atoms with van der Waals surface area (Å²) in [6, 6.07) is 7.21. The van der Waals surface area contributed by atoms with Crippen molar-refractivity contribution in [2.24, 2.45) is 11.8 Å². The van der Waals surface area contributed by atoms with Crippen LogP contribution in [0.15, 0.2) is 41.1 Å². The molecule has 1 N–H and O–H groups in total. The largest absolute Gasteiger partial charge is 0.477 e. The van der Waals surface area contributed by atoms with Crippen LogP contribution in [0.2, 0.25) is 0 Å². The van der Waals surface area contributed by atoms with E-state index in [2.05, 4.69) is 12.0 Å². The smallest absolute Gasteiger partial charge is 0.341 e. The third-order valence-corrected chi connectivity index (χ3v) is 5.98. The molecule has 1 aliphatic rings. The average Bonchev–Trinajstić information content (AvgIpc) is 3.35. The number of hydrogen-bond donors (Lipinski definition) is 1. The molecule has 0 saturated heterocycles. The Morgan fingerprint density at radius 1 is 1.20 bits per heavy atom. The van der Waals surface area contributed by atoms with Gasteiger partial charge in [-0.1, -0.05) is 6.92 Å². The first-order valence-electron chi connectivity index (χ1n) is 10.5. The molecule has 1 fully saturated rings. The second kappa shape index (κ2) is 7.97. The number of anilines is 1. The first-order valence-corrected chi connectivity index (χ1v) is 10.5. The van der Waals surface area contributed by atoms with Gasteiger partial charge in [-0.25, -0.2) is 9.48 Å². The number of benzene rings is 1. The van der Waals surface area contributed by atoms with Gasteiger partial charge in [-0.05, 0) is 63.6 Å². The van der Waals surface area contributed by atoms with Gasteiger partial charge in [0.2, 0.25) is 5.91 Å². The van der Waals surface area contributed by atoms with Gasteiger partial charge in [0.15, 0.2) is 5.82 Å². The Balaban J connectivity index is 1.73. The molecule has 30 heavy (non-hydrogen) atoms. The van der Waals surface area contributed by atoms with Crippen molar-refractivity contribution < 1.29 is 19.1 Å². The number of fused-ring (bicyclic) bond motifs is 1. The summed E-state index contributed by atoms with van der Waals surface area (Å²) in [5, 5.41) is 15.3. The molecular weight excluding hydrogens is 382 g/mol. The number of amides is 1. The minimum atomic E-state index is -1.11. The zero-order valence-electron chi connectivity index (χ0n) is 17.5. The van der Waals surface area contributed by atoms with E-state index in [1.54, 1.807) is 11.2 Å². The van der Waals surface area contributed by atoms with Gasteiger partial charge in [-0.3, -0.25) is 9.69 Å². The molecule has 1 aromatic carbocycles. The maximum Gasteiger partial charge on any atom is 0.341 e. The number of carbonyl (C=O) groups excluding carboxylic acids is 1. The van der Waals surface area contributed by atoms with Crippen molar-refractivity contribution in [2.75, 3.05) is 4.90 Å². The van der Waals surface area contributed by atoms with E-state index in [-0.39, 0.29) is 29.2 Å². The maximum absolute atomic E-state index is 13.4. The summed E-state index contributed by atoms with van der Waals surface area (Å²) in [5.41, 5.74) is 1.38. The topological polar surface area (TPSA) is 88.6 Å². The predicted molar refractivity (Wildman–Crippen MR) is 114 cm³/mol. The Bertz CT molecular complexity index is 1070. The van der Waals surface area contributed by atoms with E-state index in [1.807, 2.05) is 38.1 Å². The SMILES string of the molecule is CC1CCC(C(=O)N(c2nn(-c3ccc4ccoc4c3)cc2C(=O)O)C(C)C)CC1. The fourth-order valence-corrected chi connectivity index (χ4v) is 4.22. The lowest BCUT2D eigenvalue weighted by Crippen LogP contribution is -2.43. The number of carboxylic acids is 1. The lowest BCUT2D eigenvalue weighted by atomic mass is 9.82. The lowest BCUT2D eigenvalue weighted by molar-refractivity contribution is -0.123. The molecule has 0 radical (unpaired) electrons. The van der Waals surface area contributed by atoms with Gasteiger partial charge in [0.1, 0.15) is 11.1 Å². The molecule has 1 amide bonds. The Hall–Kier alpha value is -3.09. The maximum atomic E-state index is 13.4. The molecular formula is C23H27N3O4. The van der Waals surface area contributed by atoms with E-state index in [1.165, 1.54) is 10.9 Å². The van der Waals surface area contributed by atoms with Crippen LogP contribution in [0.3, 0.4) is 0 Å². The Kier molecular flexibility index (Phi) is 5.37. The number of aromatic carboxylic acids is 1. The number of furan rings is 1. The van der Waals surface area contributed by atoms with Gasteiger partial charge in [0.25, 0.3) is 0 Å². The van der Waals surface area contributed by atoms with E-state index in [0.717, 1.165) is 31.1 Å². The fourth-order valence-electron chi connectivity index (χ4n) is 4.22. The third-order valence-electron chi connectivity index (χ3n) is 5.98. The van der Waals surface area contributed by atoms with Crippen molar-refractivity contribution in [1.29, 1.82) is 0 Å². The van der Waals surface area contributed by atoms with E-state index in [0.29, 0.717) is 17.2 Å². The quantitative estimate of drug-likeness (QED) is 0.648. The molecule has 0 bridgehead atoms. The molecule has 7 nitrogen and oxygen atoms in total. The minimum absolute atomic E-state index is 0.0146. The Morgan fingerprint density at radius 2 is 1.93 bits per heavy atom. The molecule has 1 saturated carbocycles. The first-order chi connectivity index (χ1) is 14.3. The van der Waals surface area contributed by atoms with E-state index in [9.17, 15) is 14.7 Å². The summed E-state index contributed by atoms with van der Waals surface area (Å²) < 4.78 is 6.96. The Morgan fingerprint density at radius 3 is 2.60 bits per heavy atom. The third kappa shape index (κ3) is 3.72. The molecule has 158 valence electrons. The zero-order valence-corrected chi connectivity index (χ0v) is 17.5. The van der Waals surface area contributed by atoms with Crippen molar-refractivity contribution in [3.63, 3.8) is 0 Å². The summed E-state index contributed by atoms with van der Waals surface area (Å²) in [7, 11) is 0. The summed E-state index contributed by atoms with van der Waals surface area (Å²) in [4.78, 5) is 26.9. The van der Waals surface area contributed by atoms with E-state index in [4.69, 9.17) is 4.42 Å². The molecule has 1 aliphatic carbocycles. The van der Waals surface area contributed by atoms with Crippen LogP contribution in [-0.4, -0.2) is 32.8 Å². The minimum Gasteiger partial charge on any atom is -0.477 e. The highest BCUT2D eigenvalue weighted by atomic mass is 16.4. The first kappa shape index (κ1) is 20.2. The van der Waals surface area contributed by atoms with E-state index < -0.39 is 5.97 Å². The van der Waals surface area contributed by atoms with Crippen LogP contribution in [-0.2, 0) is 4.79 Å². The molecule has 2 heterocycles. The highest BCUT2D eigenvalue weighted by molar-refractivity contribution is 6.01. The van der Waals surface area contributed by atoms with Crippen LogP contribution in [0.5, 0.6) is 0 Å². The second-order valence-corrected chi connectivity index (χ2v) is 8.52. The molecule has 0 aliphatic heterocycles. The van der Waals surface area contributed by atoms with Gasteiger partial charge in [-0.15, -0.1) is 5.10 Å². The number of carbonyl (C=O) groups is 2. The van der Waals surface area contributed by atoms with Crippen LogP contribution >= 0.6 is 0 Å². The summed E-state index contributed by atoms with van der Waals surface area (Å²) in [6.45, 7) is 5.99. The number of aromatic nitrogens is 2. The second-order valence-electron chi connectivity index (χ2n) is 8.52. The standard InChI is InChI=1S/C23H27N3O4/c1-14(2)26(22(27)17-6-4-15(3)5-7-17)21-19(23(28)29)13-25(24-21)18-9-8-16-10-11-30-20(16)12-18/h8-15,17H,4-7H2,1-3H3,(H,28,29). The van der Waals surface area contributed by atoms with Crippen LogP contribution < -0.4 is 4.90 Å². The van der Waals surface area contributed by atoms with Gasteiger partial charge >= 0.3 is 5.97 Å². The highest BCUT2D eigenvalue weighted by Crippen LogP contribution is 2.33. The number of hydrogen-bond acceptors (Lipinski definition) is 4. The monoisotopic (exact) mass is 409 g/mol. The molecule has 4 rings (SSSR count). The average molecular weight is 409 g/mol. The summed E-state index contributed by atoms with van der Waals surface area (Å²) >= 11 is 0. The van der Waals surface area contributed by atoms with Crippen molar-refractivity contribution in [3.05, 3.63) is 42.3 Å². The summed E-state index contributed by atoms with van der Waals surface area (Å²) in [5.74, 6) is -0.403. The van der Waals surface area contributed by atoms with Gasteiger partial charge in [0.05, 0.1) is 12.0 Å². The molecule has 7 heteroatoms. The van der Waals surface area contributed by atoms with Crippen molar-refractivity contribution in [1.82, 2.24) is 9.78 Å². The number of rotatable bonds is 5. The van der Waals surface area contributed by atoms with E-state index >= 15 is 0 Å². The van der Waals surface area contributed by atoms with Gasteiger partial charge in [0, 0.05) is 29.6 Å². The molecule has 2 aromatic heterocycles. The van der Waals surface area contributed by atoms with Crippen LogP contribution in [0.25, 0.3) is 16.7 Å². The lowest BCUT2D eigenvalue weighted by Gasteiger charge is -2.32. The van der Waals surface area contributed by atoms with Gasteiger partial charge < -0.3 is 9.52 Å². The number of carboxylic acid groups (broad SMARTS) is 1. The predicted octanol–water partition coefficient (Wildman–Crippen LogP) is 4.88. The molecule has 0 atom stereocenters. The molecule has 0 unspecified atom stereocenters. The molecule has 3 aromatic rings. The zero-order chi connectivity index (χ0) is 21.4. The highest BCUT2D eigenvalue weighted by Gasteiger charge is 2.34. The van der Waals surface area contributed by atoms with Crippen molar-refractivity contribution in [3.8, 4) is 5.69 Å². The Labute approximate surface area is 175 Å².